The van der Waals surface area contributed by atoms with E-state index in [0.717, 1.165) is 0 Å². The fourth-order valence-corrected chi connectivity index (χ4v) is 4.23. The van der Waals surface area contributed by atoms with Crippen molar-refractivity contribution in [2.75, 3.05) is 21.3 Å². The van der Waals surface area contributed by atoms with Crippen molar-refractivity contribution in [2.45, 2.75) is 12.6 Å². The van der Waals surface area contributed by atoms with Crippen molar-refractivity contribution >= 4 is 23.1 Å². The Balaban J connectivity index is 1.93. The first-order chi connectivity index (χ1) is 17.8. The van der Waals surface area contributed by atoms with Gasteiger partial charge >= 0.3 is 0 Å². The van der Waals surface area contributed by atoms with E-state index in [0.29, 0.717) is 28.4 Å². The predicted octanol–water partition coefficient (Wildman–Crippen LogP) is 3.64. The first kappa shape index (κ1) is 25.2. The molecule has 1 aliphatic heterocycles. The lowest BCUT2D eigenvalue weighted by Gasteiger charge is -2.26. The van der Waals surface area contributed by atoms with Gasteiger partial charge in [-0.25, -0.2) is 0 Å². The molecular weight excluding hydrogens is 482 g/mol. The van der Waals surface area contributed by atoms with Gasteiger partial charge in [0.1, 0.15) is 5.76 Å². The highest BCUT2D eigenvalue weighted by Crippen LogP contribution is 2.46. The maximum absolute atomic E-state index is 13.3. The van der Waals surface area contributed by atoms with Crippen LogP contribution in [0.4, 0.5) is 5.69 Å². The number of methoxy groups -OCH3 is 3. The molecule has 11 nitrogen and oxygen atoms in total. The highest BCUT2D eigenvalue weighted by Gasteiger charge is 2.46. The number of nitrogens with zero attached hydrogens (tertiary/aromatic N) is 3. The molecule has 11 heteroatoms. The van der Waals surface area contributed by atoms with Crippen LogP contribution in [0.15, 0.2) is 66.5 Å². The van der Waals surface area contributed by atoms with E-state index < -0.39 is 28.4 Å². The average Bonchev–Trinajstić information content (AvgIpc) is 3.17. The van der Waals surface area contributed by atoms with E-state index in [1.54, 1.807) is 36.7 Å². The third-order valence-electron chi connectivity index (χ3n) is 6.00. The zero-order chi connectivity index (χ0) is 26.7. The standard InChI is InChI=1S/C26H23N3O8/c1-35-19-12-17(13-20(36-2)25(19)37-3)22-21(23(30)16-4-6-18(7-5-16)29(33)34)24(31)26(32)28(22)14-15-8-10-27-11-9-15/h4-13,22,30H,14H2,1-3H3/b23-21+. The van der Waals surface area contributed by atoms with E-state index >= 15 is 0 Å². The Morgan fingerprint density at radius 1 is 1.00 bits per heavy atom. The van der Waals surface area contributed by atoms with Crippen LogP contribution in [0.25, 0.3) is 5.76 Å². The molecule has 1 saturated heterocycles. The number of carbonyl (C=O) groups is 2. The summed E-state index contributed by atoms with van der Waals surface area (Å²) in [6.07, 6.45) is 3.13. The highest BCUT2D eigenvalue weighted by atomic mass is 16.6. The summed E-state index contributed by atoms with van der Waals surface area (Å²) in [7, 11) is 4.32. The molecule has 3 aromatic rings. The lowest BCUT2D eigenvalue weighted by atomic mass is 9.94. The molecule has 190 valence electrons. The highest BCUT2D eigenvalue weighted by molar-refractivity contribution is 6.46. The summed E-state index contributed by atoms with van der Waals surface area (Å²) in [5, 5.41) is 22.3. The van der Waals surface area contributed by atoms with Gasteiger partial charge in [0.05, 0.1) is 37.9 Å². The quantitative estimate of drug-likeness (QED) is 0.160. The number of aliphatic hydroxyl groups excluding tert-OH is 1. The van der Waals surface area contributed by atoms with Gasteiger partial charge in [-0.1, -0.05) is 0 Å². The molecule has 0 aliphatic carbocycles. The number of ether oxygens (including phenoxy) is 3. The number of hydrogen-bond acceptors (Lipinski definition) is 9. The second kappa shape index (κ2) is 10.4. The zero-order valence-corrected chi connectivity index (χ0v) is 20.2. The molecule has 4 rings (SSSR count). The number of non-ortho nitro benzene ring substituents is 1. The van der Waals surface area contributed by atoms with Crippen LogP contribution in [0.3, 0.4) is 0 Å². The number of likely N-dealkylation sites (tertiary alicyclic amines) is 1. The number of aromatic nitrogens is 1. The maximum atomic E-state index is 13.3. The van der Waals surface area contributed by atoms with Crippen LogP contribution in [0.2, 0.25) is 0 Å². The lowest BCUT2D eigenvalue weighted by Crippen LogP contribution is -2.29. The minimum absolute atomic E-state index is 0.0471. The van der Waals surface area contributed by atoms with Gasteiger partial charge in [-0.15, -0.1) is 0 Å². The third kappa shape index (κ3) is 4.66. The Morgan fingerprint density at radius 3 is 2.11 bits per heavy atom. The normalized spacial score (nSPS) is 16.5. The number of carbonyl (C=O) groups excluding carboxylic acids is 2. The molecule has 0 saturated carbocycles. The monoisotopic (exact) mass is 505 g/mol. The minimum Gasteiger partial charge on any atom is -0.507 e. The summed E-state index contributed by atoms with van der Waals surface area (Å²) in [6, 6.07) is 10.6. The summed E-state index contributed by atoms with van der Waals surface area (Å²) in [5.74, 6) is -1.29. The van der Waals surface area contributed by atoms with Crippen molar-refractivity contribution in [1.82, 2.24) is 9.88 Å². The molecule has 37 heavy (non-hydrogen) atoms. The Kier molecular flexibility index (Phi) is 7.05. The molecule has 1 fully saturated rings. The molecule has 1 atom stereocenters. The van der Waals surface area contributed by atoms with Crippen molar-refractivity contribution in [1.29, 1.82) is 0 Å². The van der Waals surface area contributed by atoms with E-state index in [1.807, 2.05) is 0 Å². The van der Waals surface area contributed by atoms with Crippen LogP contribution in [-0.2, 0) is 16.1 Å². The van der Waals surface area contributed by atoms with Gasteiger partial charge in [0.15, 0.2) is 11.5 Å². The third-order valence-corrected chi connectivity index (χ3v) is 6.00. The van der Waals surface area contributed by atoms with Crippen LogP contribution in [0.5, 0.6) is 17.2 Å². The van der Waals surface area contributed by atoms with Crippen LogP contribution in [0.1, 0.15) is 22.7 Å². The fourth-order valence-electron chi connectivity index (χ4n) is 4.23. The first-order valence-corrected chi connectivity index (χ1v) is 11.0. The van der Waals surface area contributed by atoms with Crippen LogP contribution in [0, 0.1) is 10.1 Å². The number of amides is 1. The SMILES string of the molecule is COc1cc(C2/C(=C(\O)c3ccc([N+](=O)[O-])cc3)C(=O)C(=O)N2Cc2ccncc2)cc(OC)c1OC. The summed E-state index contributed by atoms with van der Waals surface area (Å²) in [5.41, 5.74) is 0.916. The number of benzene rings is 2. The van der Waals surface area contributed by atoms with E-state index in [2.05, 4.69) is 4.98 Å². The van der Waals surface area contributed by atoms with E-state index in [9.17, 15) is 24.8 Å². The minimum atomic E-state index is -1.03. The molecule has 1 N–H and O–H groups in total. The van der Waals surface area contributed by atoms with Crippen molar-refractivity contribution < 1.29 is 33.8 Å². The van der Waals surface area contributed by atoms with Crippen molar-refractivity contribution in [3.05, 3.63) is 93.3 Å². The summed E-state index contributed by atoms with van der Waals surface area (Å²) < 4.78 is 16.3. The summed E-state index contributed by atoms with van der Waals surface area (Å²) in [4.78, 5) is 42.3. The molecule has 2 aromatic carbocycles. The maximum Gasteiger partial charge on any atom is 0.295 e. The Morgan fingerprint density at radius 2 is 1.59 bits per heavy atom. The second-order valence-electron chi connectivity index (χ2n) is 8.05. The lowest BCUT2D eigenvalue weighted by molar-refractivity contribution is -0.384. The molecular formula is C26H23N3O8. The van der Waals surface area contributed by atoms with Crippen molar-refractivity contribution in [3.8, 4) is 17.2 Å². The molecule has 0 bridgehead atoms. The van der Waals surface area contributed by atoms with Crippen molar-refractivity contribution in [3.63, 3.8) is 0 Å². The van der Waals surface area contributed by atoms with Gasteiger partial charge in [0, 0.05) is 36.6 Å². The Labute approximate surface area is 211 Å². The number of Topliss-reactive ketones (excluding diaryl/α,β-unsaturated/α-hetero) is 1. The fraction of sp³-hybridized carbons (Fsp3) is 0.192. The molecule has 1 aromatic heterocycles. The number of nitro groups is 1. The van der Waals surface area contributed by atoms with Gasteiger partial charge in [-0.3, -0.25) is 24.7 Å². The summed E-state index contributed by atoms with van der Waals surface area (Å²) in [6.45, 7) is 0.0471. The van der Waals surface area contributed by atoms with Crippen LogP contribution >= 0.6 is 0 Å². The molecule has 1 aliphatic rings. The number of aliphatic hydroxyl groups is 1. The Hall–Kier alpha value is -4.93. The molecule has 0 radical (unpaired) electrons. The van der Waals surface area contributed by atoms with E-state index in [-0.39, 0.29) is 23.4 Å². The summed E-state index contributed by atoms with van der Waals surface area (Å²) >= 11 is 0. The molecule has 1 amide bonds. The van der Waals surface area contributed by atoms with Gasteiger partial charge in [-0.2, -0.15) is 0 Å². The van der Waals surface area contributed by atoms with Crippen molar-refractivity contribution in [2.24, 2.45) is 0 Å². The van der Waals surface area contributed by atoms with Gasteiger partial charge < -0.3 is 24.2 Å². The van der Waals surface area contributed by atoms with Crippen LogP contribution in [-0.4, -0.2) is 52.9 Å². The molecule has 1 unspecified atom stereocenters. The zero-order valence-electron chi connectivity index (χ0n) is 20.2. The van der Waals surface area contributed by atoms with Gasteiger partial charge in [-0.05, 0) is 47.5 Å². The number of ketones is 1. The average molecular weight is 505 g/mol. The topological polar surface area (TPSA) is 141 Å². The smallest absolute Gasteiger partial charge is 0.295 e. The van der Waals surface area contributed by atoms with Gasteiger partial charge in [0.2, 0.25) is 5.75 Å². The second-order valence-corrected chi connectivity index (χ2v) is 8.05. The predicted molar refractivity (Wildman–Crippen MR) is 131 cm³/mol. The number of rotatable bonds is 8. The largest absolute Gasteiger partial charge is 0.507 e. The van der Waals surface area contributed by atoms with E-state index in [4.69, 9.17) is 14.2 Å². The molecule has 0 spiro atoms. The number of nitro benzene ring substituents is 1. The van der Waals surface area contributed by atoms with E-state index in [1.165, 1.54) is 50.5 Å². The molecule has 2 heterocycles. The van der Waals surface area contributed by atoms with Gasteiger partial charge in [0.25, 0.3) is 17.4 Å². The Bertz CT molecular complexity index is 1360. The first-order valence-electron chi connectivity index (χ1n) is 11.0. The number of pyridine rings is 1. The number of hydrogen-bond donors (Lipinski definition) is 1. The van der Waals surface area contributed by atoms with Crippen LogP contribution < -0.4 is 14.2 Å².